The van der Waals surface area contributed by atoms with E-state index in [1.54, 1.807) is 42.5 Å². The summed E-state index contributed by atoms with van der Waals surface area (Å²) < 4.78 is 32.1. The maximum atomic E-state index is 12.7. The van der Waals surface area contributed by atoms with Crippen molar-refractivity contribution in [3.05, 3.63) is 48.0 Å². The molecule has 0 aromatic heterocycles. The van der Waals surface area contributed by atoms with E-state index >= 15 is 0 Å². The lowest BCUT2D eigenvalue weighted by molar-refractivity contribution is 0.0997. The Morgan fingerprint density at radius 3 is 2.27 bits per heavy atom. The van der Waals surface area contributed by atoms with Gasteiger partial charge in [0.25, 0.3) is 5.91 Å². The highest BCUT2D eigenvalue weighted by Gasteiger charge is 2.25. The lowest BCUT2D eigenvalue weighted by Gasteiger charge is -2.26. The Balaban J connectivity index is 1.89. The standard InChI is InChI=1S/C18H21N3O4S/c1-25-17-12-14(4-7-16(17)18(19)22)13-2-5-15(6-3-13)26(23,24)21-10-8-20-9-11-21/h2-7,12,20H,8-11H2,1H3,(H2,19,22). The Morgan fingerprint density at radius 2 is 1.69 bits per heavy atom. The number of amides is 1. The molecule has 1 aliphatic rings. The number of hydrogen-bond donors (Lipinski definition) is 2. The summed E-state index contributed by atoms with van der Waals surface area (Å²) in [5, 5.41) is 3.14. The molecule has 1 amide bonds. The Hall–Kier alpha value is -2.42. The van der Waals surface area contributed by atoms with Crippen molar-refractivity contribution in [2.75, 3.05) is 33.3 Å². The van der Waals surface area contributed by atoms with Crippen LogP contribution in [0.3, 0.4) is 0 Å². The van der Waals surface area contributed by atoms with Crippen LogP contribution in [0.1, 0.15) is 10.4 Å². The zero-order valence-electron chi connectivity index (χ0n) is 14.4. The normalized spacial score (nSPS) is 15.6. The van der Waals surface area contributed by atoms with E-state index in [1.807, 2.05) is 0 Å². The number of nitrogens with one attached hydrogen (secondary N) is 1. The molecule has 2 aromatic carbocycles. The molecule has 0 unspecified atom stereocenters. The van der Waals surface area contributed by atoms with Crippen molar-refractivity contribution < 1.29 is 17.9 Å². The van der Waals surface area contributed by atoms with Crippen molar-refractivity contribution in [2.45, 2.75) is 4.90 Å². The molecule has 8 heteroatoms. The van der Waals surface area contributed by atoms with Crippen molar-refractivity contribution in [3.8, 4) is 16.9 Å². The highest BCUT2D eigenvalue weighted by atomic mass is 32.2. The van der Waals surface area contributed by atoms with Gasteiger partial charge in [0.1, 0.15) is 5.75 Å². The van der Waals surface area contributed by atoms with Gasteiger partial charge in [-0.3, -0.25) is 4.79 Å². The number of nitrogens with zero attached hydrogens (tertiary/aromatic N) is 1. The summed E-state index contributed by atoms with van der Waals surface area (Å²) in [5.41, 5.74) is 7.24. The van der Waals surface area contributed by atoms with E-state index in [0.717, 1.165) is 11.1 Å². The molecule has 26 heavy (non-hydrogen) atoms. The Labute approximate surface area is 152 Å². The number of ether oxygens (including phenoxy) is 1. The summed E-state index contributed by atoms with van der Waals surface area (Å²) in [6.07, 6.45) is 0. The second-order valence-electron chi connectivity index (χ2n) is 5.96. The van der Waals surface area contributed by atoms with Crippen LogP contribution >= 0.6 is 0 Å². The lowest BCUT2D eigenvalue weighted by Crippen LogP contribution is -2.46. The summed E-state index contributed by atoms with van der Waals surface area (Å²) in [6.45, 7) is 2.25. The monoisotopic (exact) mass is 375 g/mol. The number of piperazine rings is 1. The molecule has 7 nitrogen and oxygen atoms in total. The first-order valence-electron chi connectivity index (χ1n) is 8.22. The summed E-state index contributed by atoms with van der Waals surface area (Å²) in [6, 6.07) is 11.7. The Morgan fingerprint density at radius 1 is 1.08 bits per heavy atom. The fraction of sp³-hybridized carbons (Fsp3) is 0.278. The molecule has 1 aliphatic heterocycles. The summed E-state index contributed by atoms with van der Waals surface area (Å²) in [4.78, 5) is 11.7. The highest BCUT2D eigenvalue weighted by Crippen LogP contribution is 2.28. The van der Waals surface area contributed by atoms with Crippen LogP contribution in [0.2, 0.25) is 0 Å². The predicted octanol–water partition coefficient (Wildman–Crippen LogP) is 1.05. The zero-order valence-corrected chi connectivity index (χ0v) is 15.3. The average Bonchev–Trinajstić information content (AvgIpc) is 2.68. The minimum atomic E-state index is -3.48. The molecule has 0 atom stereocenters. The van der Waals surface area contributed by atoms with Gasteiger partial charge in [-0.05, 0) is 35.4 Å². The molecule has 0 spiro atoms. The zero-order chi connectivity index (χ0) is 18.7. The molecule has 1 heterocycles. The van der Waals surface area contributed by atoms with Crippen molar-refractivity contribution >= 4 is 15.9 Å². The van der Waals surface area contributed by atoms with Crippen molar-refractivity contribution in [3.63, 3.8) is 0 Å². The van der Waals surface area contributed by atoms with E-state index in [0.29, 0.717) is 37.5 Å². The molecule has 1 saturated heterocycles. The van der Waals surface area contributed by atoms with Gasteiger partial charge >= 0.3 is 0 Å². The van der Waals surface area contributed by atoms with Crippen LogP contribution < -0.4 is 15.8 Å². The fourth-order valence-electron chi connectivity index (χ4n) is 2.93. The van der Waals surface area contributed by atoms with E-state index in [1.165, 1.54) is 11.4 Å². The largest absolute Gasteiger partial charge is 0.496 e. The molecule has 1 fully saturated rings. The number of carbonyl (C=O) groups is 1. The van der Waals surface area contributed by atoms with Gasteiger partial charge in [0, 0.05) is 26.2 Å². The van der Waals surface area contributed by atoms with Crippen LogP contribution in [0, 0.1) is 0 Å². The van der Waals surface area contributed by atoms with E-state index < -0.39 is 15.9 Å². The van der Waals surface area contributed by atoms with Gasteiger partial charge in [-0.1, -0.05) is 18.2 Å². The van der Waals surface area contributed by atoms with E-state index in [9.17, 15) is 13.2 Å². The topological polar surface area (TPSA) is 102 Å². The first-order chi connectivity index (χ1) is 12.4. The number of primary amides is 1. The lowest BCUT2D eigenvalue weighted by atomic mass is 10.0. The van der Waals surface area contributed by atoms with Gasteiger partial charge in [0.15, 0.2) is 0 Å². The first-order valence-corrected chi connectivity index (χ1v) is 9.66. The molecule has 2 aromatic rings. The molecular weight excluding hydrogens is 354 g/mol. The molecule has 3 rings (SSSR count). The van der Waals surface area contributed by atoms with E-state index in [2.05, 4.69) is 5.32 Å². The molecule has 138 valence electrons. The number of methoxy groups -OCH3 is 1. The second-order valence-corrected chi connectivity index (χ2v) is 7.90. The fourth-order valence-corrected chi connectivity index (χ4v) is 4.37. The minimum absolute atomic E-state index is 0.267. The number of hydrogen-bond acceptors (Lipinski definition) is 5. The summed E-state index contributed by atoms with van der Waals surface area (Å²) >= 11 is 0. The minimum Gasteiger partial charge on any atom is -0.496 e. The second kappa shape index (κ2) is 7.45. The SMILES string of the molecule is COc1cc(-c2ccc(S(=O)(=O)N3CCNCC3)cc2)ccc1C(N)=O. The van der Waals surface area contributed by atoms with Gasteiger partial charge in [-0.25, -0.2) is 8.42 Å². The predicted molar refractivity (Wildman–Crippen MR) is 98.6 cm³/mol. The van der Waals surface area contributed by atoms with Gasteiger partial charge in [0.05, 0.1) is 17.6 Å². The Bertz CT molecular complexity index is 905. The summed E-state index contributed by atoms with van der Waals surface area (Å²) in [7, 11) is -2.02. The molecule has 0 aliphatic carbocycles. The number of benzene rings is 2. The number of rotatable bonds is 5. The van der Waals surface area contributed by atoms with Gasteiger partial charge in [-0.15, -0.1) is 0 Å². The molecule has 0 saturated carbocycles. The van der Waals surface area contributed by atoms with Crippen LogP contribution in [0.4, 0.5) is 0 Å². The third kappa shape index (κ3) is 3.57. The van der Waals surface area contributed by atoms with Crippen LogP contribution in [0.25, 0.3) is 11.1 Å². The van der Waals surface area contributed by atoms with Crippen LogP contribution in [-0.4, -0.2) is 51.9 Å². The molecule has 0 radical (unpaired) electrons. The number of carbonyl (C=O) groups excluding carboxylic acids is 1. The van der Waals surface area contributed by atoms with Crippen LogP contribution in [0.15, 0.2) is 47.4 Å². The molecule has 3 N–H and O–H groups in total. The Kier molecular flexibility index (Phi) is 5.26. The van der Waals surface area contributed by atoms with E-state index in [4.69, 9.17) is 10.5 Å². The van der Waals surface area contributed by atoms with Crippen molar-refractivity contribution in [1.29, 1.82) is 0 Å². The average molecular weight is 375 g/mol. The van der Waals surface area contributed by atoms with Crippen molar-refractivity contribution in [2.24, 2.45) is 5.73 Å². The number of nitrogens with two attached hydrogens (primary N) is 1. The van der Waals surface area contributed by atoms with Crippen molar-refractivity contribution in [1.82, 2.24) is 9.62 Å². The smallest absolute Gasteiger partial charge is 0.252 e. The van der Waals surface area contributed by atoms with Gasteiger partial charge in [0.2, 0.25) is 10.0 Å². The first kappa shape index (κ1) is 18.4. The summed E-state index contributed by atoms with van der Waals surface area (Å²) in [5.74, 6) is -0.182. The molecule has 0 bridgehead atoms. The van der Waals surface area contributed by atoms with E-state index in [-0.39, 0.29) is 4.90 Å². The highest BCUT2D eigenvalue weighted by molar-refractivity contribution is 7.89. The quantitative estimate of drug-likeness (QED) is 0.813. The third-order valence-electron chi connectivity index (χ3n) is 4.37. The molecular formula is C18H21N3O4S. The van der Waals surface area contributed by atoms with Crippen LogP contribution in [-0.2, 0) is 10.0 Å². The number of sulfonamides is 1. The maximum absolute atomic E-state index is 12.7. The third-order valence-corrected chi connectivity index (χ3v) is 6.28. The van der Waals surface area contributed by atoms with Crippen LogP contribution in [0.5, 0.6) is 5.75 Å². The van der Waals surface area contributed by atoms with Gasteiger partial charge in [-0.2, -0.15) is 4.31 Å². The van der Waals surface area contributed by atoms with Gasteiger partial charge < -0.3 is 15.8 Å². The maximum Gasteiger partial charge on any atom is 0.252 e.